The molecule has 0 saturated heterocycles. The molecule has 0 fully saturated rings. The molecule has 4 rings (SSSR count). The summed E-state index contributed by atoms with van der Waals surface area (Å²) in [6, 6.07) is 7.97. The van der Waals surface area contributed by atoms with Gasteiger partial charge in [0.05, 0.1) is 0 Å². The number of hydrogen-bond acceptors (Lipinski definition) is 5. The predicted molar refractivity (Wildman–Crippen MR) is 102 cm³/mol. The number of nitrogens with zero attached hydrogens (tertiary/aromatic N) is 2. The van der Waals surface area contributed by atoms with E-state index in [4.69, 9.17) is 4.74 Å². The van der Waals surface area contributed by atoms with E-state index in [1.165, 1.54) is 12.1 Å². The summed E-state index contributed by atoms with van der Waals surface area (Å²) in [7, 11) is 0. The minimum Gasteiger partial charge on any atom is -0.489 e. The number of aromatic nitrogens is 3. The molecule has 1 aliphatic rings. The number of rotatable bonds is 4. The van der Waals surface area contributed by atoms with Crippen LogP contribution < -0.4 is 15.4 Å². The van der Waals surface area contributed by atoms with Crippen molar-refractivity contribution in [3.63, 3.8) is 0 Å². The van der Waals surface area contributed by atoms with Gasteiger partial charge >= 0.3 is 0 Å². The molecular weight excluding hydrogens is 396 g/mol. The summed E-state index contributed by atoms with van der Waals surface area (Å²) >= 11 is 0. The van der Waals surface area contributed by atoms with Crippen LogP contribution in [-0.4, -0.2) is 39.6 Å². The predicted octanol–water partition coefficient (Wildman–Crippen LogP) is 2.11. The first kappa shape index (κ1) is 19.5. The molecule has 0 bridgehead atoms. The lowest BCUT2D eigenvalue weighted by molar-refractivity contribution is -0.118. The highest BCUT2D eigenvalue weighted by Crippen LogP contribution is 2.31. The summed E-state index contributed by atoms with van der Waals surface area (Å²) in [5.74, 6) is -2.02. The molecule has 8 nitrogen and oxygen atoms in total. The number of carbonyl (C=O) groups excluding carboxylic acids is 2. The molecule has 1 unspecified atom stereocenters. The van der Waals surface area contributed by atoms with Crippen LogP contribution in [0.25, 0.3) is 0 Å². The Morgan fingerprint density at radius 3 is 2.83 bits per heavy atom. The maximum atomic E-state index is 14.1. The number of carbonyl (C=O) groups is 2. The molecule has 1 atom stereocenters. The standard InChI is InChI=1S/C20H17F2N5O3/c1-10-6-13(22)17-15(7-10)30-9-14(19(28)25-17)23-20(29)18-24-16(26-27-18)8-11-4-2-3-5-12(11)21/h2-7,14H,8-9H2,1H3,(H,23,29)(H,25,28)(H,24,26,27). The number of aromatic amines is 1. The quantitative estimate of drug-likeness (QED) is 0.607. The molecule has 30 heavy (non-hydrogen) atoms. The number of hydrogen-bond donors (Lipinski definition) is 3. The van der Waals surface area contributed by atoms with Gasteiger partial charge < -0.3 is 20.4 Å². The van der Waals surface area contributed by atoms with E-state index in [1.54, 1.807) is 31.2 Å². The van der Waals surface area contributed by atoms with Gasteiger partial charge in [0.15, 0.2) is 5.82 Å². The fraction of sp³-hybridized carbons (Fsp3) is 0.200. The summed E-state index contributed by atoms with van der Waals surface area (Å²) in [6.45, 7) is 1.51. The van der Waals surface area contributed by atoms with E-state index in [-0.39, 0.29) is 36.1 Å². The van der Waals surface area contributed by atoms with E-state index in [9.17, 15) is 18.4 Å². The van der Waals surface area contributed by atoms with Crippen LogP contribution in [0.15, 0.2) is 36.4 Å². The van der Waals surface area contributed by atoms with Crippen molar-refractivity contribution in [2.24, 2.45) is 0 Å². The van der Waals surface area contributed by atoms with Gasteiger partial charge in [-0.15, -0.1) is 10.2 Å². The second-order valence-corrected chi connectivity index (χ2v) is 6.83. The highest BCUT2D eigenvalue weighted by atomic mass is 19.1. The van der Waals surface area contributed by atoms with Gasteiger partial charge in [-0.1, -0.05) is 18.2 Å². The van der Waals surface area contributed by atoms with Crippen molar-refractivity contribution in [3.8, 4) is 5.75 Å². The van der Waals surface area contributed by atoms with E-state index >= 15 is 0 Å². The number of ether oxygens (including phenoxy) is 1. The number of benzene rings is 2. The lowest BCUT2D eigenvalue weighted by Gasteiger charge is -2.13. The first-order valence-electron chi connectivity index (χ1n) is 9.10. The van der Waals surface area contributed by atoms with Gasteiger partial charge in [0.25, 0.3) is 11.8 Å². The Morgan fingerprint density at radius 2 is 2.03 bits per heavy atom. The minimum absolute atomic E-state index is 0.0748. The van der Waals surface area contributed by atoms with Gasteiger partial charge in [-0.25, -0.2) is 8.78 Å². The van der Waals surface area contributed by atoms with Gasteiger partial charge in [-0.2, -0.15) is 0 Å². The van der Waals surface area contributed by atoms with Crippen molar-refractivity contribution < 1.29 is 23.1 Å². The van der Waals surface area contributed by atoms with Crippen LogP contribution in [0.4, 0.5) is 14.5 Å². The van der Waals surface area contributed by atoms with Crippen LogP contribution in [0.3, 0.4) is 0 Å². The zero-order valence-electron chi connectivity index (χ0n) is 15.8. The summed E-state index contributed by atoms with van der Waals surface area (Å²) in [4.78, 5) is 27.6. The Morgan fingerprint density at radius 1 is 1.23 bits per heavy atom. The van der Waals surface area contributed by atoms with Crippen LogP contribution in [-0.2, 0) is 11.2 Å². The summed E-state index contributed by atoms with van der Waals surface area (Å²) in [6.07, 6.45) is 0.119. The molecular formula is C20H17F2N5O3. The summed E-state index contributed by atoms with van der Waals surface area (Å²) in [5, 5.41) is 12.5. The number of nitrogens with one attached hydrogen (secondary N) is 3. The number of anilines is 1. The van der Waals surface area contributed by atoms with E-state index < -0.39 is 29.5 Å². The first-order valence-corrected chi connectivity index (χ1v) is 9.10. The number of fused-ring (bicyclic) bond motifs is 1. The van der Waals surface area contributed by atoms with Gasteiger partial charge in [0, 0.05) is 6.42 Å². The molecule has 1 aromatic heterocycles. The third-order valence-electron chi connectivity index (χ3n) is 4.54. The minimum atomic E-state index is -1.08. The second-order valence-electron chi connectivity index (χ2n) is 6.83. The highest BCUT2D eigenvalue weighted by Gasteiger charge is 2.29. The van der Waals surface area contributed by atoms with Crippen LogP contribution in [0.5, 0.6) is 5.75 Å². The first-order chi connectivity index (χ1) is 14.4. The smallest absolute Gasteiger partial charge is 0.289 e. The molecule has 1 aliphatic heterocycles. The molecule has 0 saturated carbocycles. The molecule has 10 heteroatoms. The molecule has 2 aromatic carbocycles. The molecule has 3 aromatic rings. The van der Waals surface area contributed by atoms with Crippen molar-refractivity contribution >= 4 is 17.5 Å². The molecule has 0 aliphatic carbocycles. The van der Waals surface area contributed by atoms with Crippen molar-refractivity contribution in [3.05, 3.63) is 70.8 Å². The monoisotopic (exact) mass is 413 g/mol. The molecule has 0 spiro atoms. The topological polar surface area (TPSA) is 109 Å². The zero-order chi connectivity index (χ0) is 21.3. The fourth-order valence-electron chi connectivity index (χ4n) is 3.04. The van der Waals surface area contributed by atoms with E-state index in [0.29, 0.717) is 11.1 Å². The van der Waals surface area contributed by atoms with E-state index in [0.717, 1.165) is 0 Å². The van der Waals surface area contributed by atoms with Crippen LogP contribution in [0.1, 0.15) is 27.6 Å². The Labute approximate surface area is 169 Å². The van der Waals surface area contributed by atoms with E-state index in [1.807, 2.05) is 0 Å². The maximum absolute atomic E-state index is 14.1. The summed E-state index contributed by atoms with van der Waals surface area (Å²) in [5.41, 5.74) is 0.952. The zero-order valence-corrected chi connectivity index (χ0v) is 15.8. The fourth-order valence-corrected chi connectivity index (χ4v) is 3.04. The number of amides is 2. The van der Waals surface area contributed by atoms with Gasteiger partial charge in [-0.3, -0.25) is 9.59 Å². The van der Waals surface area contributed by atoms with Crippen LogP contribution in [0.2, 0.25) is 0 Å². The molecule has 2 amide bonds. The Bertz CT molecular complexity index is 1130. The normalized spacial score (nSPS) is 15.6. The highest BCUT2D eigenvalue weighted by molar-refractivity contribution is 6.01. The van der Waals surface area contributed by atoms with Crippen LogP contribution in [0, 0.1) is 18.6 Å². The SMILES string of the molecule is Cc1cc(F)c2c(c1)OCC(NC(=O)c1nnc(Cc3ccccc3F)[nH]1)C(=O)N2. The third-order valence-corrected chi connectivity index (χ3v) is 4.54. The summed E-state index contributed by atoms with van der Waals surface area (Å²) < 4.78 is 33.4. The molecule has 3 N–H and O–H groups in total. The average molecular weight is 413 g/mol. The molecule has 154 valence electrons. The van der Waals surface area contributed by atoms with Gasteiger partial charge in [0.2, 0.25) is 5.82 Å². The second kappa shape index (κ2) is 7.90. The average Bonchev–Trinajstić information content (AvgIpc) is 3.11. The largest absolute Gasteiger partial charge is 0.489 e. The molecule has 2 heterocycles. The van der Waals surface area contributed by atoms with Crippen molar-refractivity contribution in [2.75, 3.05) is 11.9 Å². The molecule has 0 radical (unpaired) electrons. The Balaban J connectivity index is 1.44. The number of H-pyrrole nitrogens is 1. The maximum Gasteiger partial charge on any atom is 0.289 e. The Kier molecular flexibility index (Phi) is 5.13. The lowest BCUT2D eigenvalue weighted by atomic mass is 10.1. The van der Waals surface area contributed by atoms with Crippen LogP contribution >= 0.6 is 0 Å². The van der Waals surface area contributed by atoms with Crippen molar-refractivity contribution in [1.29, 1.82) is 0 Å². The van der Waals surface area contributed by atoms with Gasteiger partial charge in [0.1, 0.15) is 35.7 Å². The van der Waals surface area contributed by atoms with Gasteiger partial charge in [-0.05, 0) is 36.2 Å². The van der Waals surface area contributed by atoms with Crippen molar-refractivity contribution in [1.82, 2.24) is 20.5 Å². The van der Waals surface area contributed by atoms with Crippen molar-refractivity contribution in [2.45, 2.75) is 19.4 Å². The third kappa shape index (κ3) is 3.97. The number of aryl methyl sites for hydroxylation is 1. The number of halogens is 2. The van der Waals surface area contributed by atoms with E-state index in [2.05, 4.69) is 25.8 Å². The Hall–Kier alpha value is -3.82. The lowest BCUT2D eigenvalue weighted by Crippen LogP contribution is -2.46.